The van der Waals surface area contributed by atoms with E-state index in [4.69, 9.17) is 16.3 Å². The summed E-state index contributed by atoms with van der Waals surface area (Å²) in [5, 5.41) is 4.45. The van der Waals surface area contributed by atoms with E-state index in [1.165, 1.54) is 19.4 Å². The van der Waals surface area contributed by atoms with Crippen LogP contribution in [0.2, 0.25) is 5.02 Å². The Balaban J connectivity index is 1.65. The SMILES string of the molecule is COc1c[nH]c(C(=O)NCCn2ccc3c(Cl)cccc32)cc1=O. The maximum atomic E-state index is 12.1. The highest BCUT2D eigenvalue weighted by atomic mass is 35.5. The smallest absolute Gasteiger partial charge is 0.267 e. The molecule has 0 atom stereocenters. The van der Waals surface area contributed by atoms with Crippen LogP contribution >= 0.6 is 11.6 Å². The summed E-state index contributed by atoms with van der Waals surface area (Å²) >= 11 is 6.15. The minimum Gasteiger partial charge on any atom is -0.491 e. The minimum atomic E-state index is -0.343. The van der Waals surface area contributed by atoms with Gasteiger partial charge in [0.1, 0.15) is 5.69 Å². The molecule has 7 heteroatoms. The fourth-order valence-electron chi connectivity index (χ4n) is 2.51. The van der Waals surface area contributed by atoms with E-state index in [9.17, 15) is 9.59 Å². The van der Waals surface area contributed by atoms with Gasteiger partial charge in [-0.2, -0.15) is 0 Å². The van der Waals surface area contributed by atoms with Crippen molar-refractivity contribution < 1.29 is 9.53 Å². The summed E-state index contributed by atoms with van der Waals surface area (Å²) in [6, 6.07) is 8.88. The average molecular weight is 346 g/mol. The second-order valence-electron chi connectivity index (χ2n) is 5.22. The lowest BCUT2D eigenvalue weighted by Gasteiger charge is -2.08. The van der Waals surface area contributed by atoms with E-state index in [-0.39, 0.29) is 22.8 Å². The van der Waals surface area contributed by atoms with Crippen molar-refractivity contribution in [2.75, 3.05) is 13.7 Å². The quantitative estimate of drug-likeness (QED) is 0.745. The van der Waals surface area contributed by atoms with Crippen molar-refractivity contribution in [1.82, 2.24) is 14.9 Å². The number of H-pyrrole nitrogens is 1. The number of benzene rings is 1. The number of amides is 1. The maximum absolute atomic E-state index is 12.1. The van der Waals surface area contributed by atoms with Gasteiger partial charge < -0.3 is 19.6 Å². The van der Waals surface area contributed by atoms with Crippen molar-refractivity contribution >= 4 is 28.4 Å². The van der Waals surface area contributed by atoms with Gasteiger partial charge in [-0.05, 0) is 18.2 Å². The zero-order valence-electron chi connectivity index (χ0n) is 13.0. The molecule has 24 heavy (non-hydrogen) atoms. The van der Waals surface area contributed by atoms with E-state index in [1.54, 1.807) is 0 Å². The lowest BCUT2D eigenvalue weighted by atomic mass is 10.2. The van der Waals surface area contributed by atoms with E-state index in [0.29, 0.717) is 18.1 Å². The van der Waals surface area contributed by atoms with E-state index in [0.717, 1.165) is 10.9 Å². The van der Waals surface area contributed by atoms with Crippen LogP contribution in [-0.2, 0) is 6.54 Å². The first-order chi connectivity index (χ1) is 11.6. The lowest BCUT2D eigenvalue weighted by Crippen LogP contribution is -2.28. The summed E-state index contributed by atoms with van der Waals surface area (Å²) in [5.41, 5.74) is 0.864. The monoisotopic (exact) mass is 345 g/mol. The molecule has 0 unspecified atom stereocenters. The third-order valence-corrected chi connectivity index (χ3v) is 4.07. The summed E-state index contributed by atoms with van der Waals surface area (Å²) in [4.78, 5) is 26.5. The highest BCUT2D eigenvalue weighted by molar-refractivity contribution is 6.35. The number of halogens is 1. The van der Waals surface area contributed by atoms with Gasteiger partial charge >= 0.3 is 0 Å². The molecule has 2 heterocycles. The number of pyridine rings is 1. The third kappa shape index (κ3) is 3.14. The Morgan fingerprint density at radius 3 is 2.96 bits per heavy atom. The zero-order chi connectivity index (χ0) is 17.1. The Bertz CT molecular complexity index is 946. The fraction of sp³-hybridized carbons (Fsp3) is 0.176. The highest BCUT2D eigenvalue weighted by Crippen LogP contribution is 2.23. The molecule has 0 fully saturated rings. The molecule has 2 N–H and O–H groups in total. The zero-order valence-corrected chi connectivity index (χ0v) is 13.8. The maximum Gasteiger partial charge on any atom is 0.267 e. The molecule has 0 radical (unpaired) electrons. The van der Waals surface area contributed by atoms with Crippen LogP contribution in [0.5, 0.6) is 5.75 Å². The van der Waals surface area contributed by atoms with Crippen molar-refractivity contribution in [3.05, 3.63) is 63.7 Å². The fourth-order valence-corrected chi connectivity index (χ4v) is 2.75. The summed E-state index contributed by atoms with van der Waals surface area (Å²) in [6.45, 7) is 1.01. The van der Waals surface area contributed by atoms with Crippen molar-refractivity contribution in [1.29, 1.82) is 0 Å². The Hall–Kier alpha value is -2.73. The molecule has 3 aromatic rings. The average Bonchev–Trinajstić information content (AvgIpc) is 2.99. The molecule has 0 saturated heterocycles. The minimum absolute atomic E-state index is 0.169. The third-order valence-electron chi connectivity index (χ3n) is 3.74. The van der Waals surface area contributed by atoms with E-state index in [2.05, 4.69) is 10.3 Å². The number of hydrogen-bond acceptors (Lipinski definition) is 3. The molecule has 124 valence electrons. The molecule has 0 aliphatic rings. The molecule has 1 aromatic carbocycles. The van der Waals surface area contributed by atoms with E-state index >= 15 is 0 Å². The molecule has 0 aliphatic carbocycles. The van der Waals surface area contributed by atoms with Gasteiger partial charge in [-0.25, -0.2) is 0 Å². The number of rotatable bonds is 5. The number of ether oxygens (including phenoxy) is 1. The number of aromatic amines is 1. The second-order valence-corrected chi connectivity index (χ2v) is 5.62. The van der Waals surface area contributed by atoms with Crippen LogP contribution in [0.4, 0.5) is 0 Å². The number of nitrogens with zero attached hydrogens (tertiary/aromatic N) is 1. The molecule has 1 amide bonds. The van der Waals surface area contributed by atoms with Gasteiger partial charge in [0.2, 0.25) is 5.43 Å². The van der Waals surface area contributed by atoms with Crippen LogP contribution in [0.1, 0.15) is 10.5 Å². The number of aromatic nitrogens is 2. The van der Waals surface area contributed by atoms with E-state index in [1.807, 2.05) is 35.0 Å². The molecule has 2 aromatic heterocycles. The Labute approximate surface area is 143 Å². The summed E-state index contributed by atoms with van der Waals surface area (Å²) in [7, 11) is 1.40. The van der Waals surface area contributed by atoms with Crippen LogP contribution in [0.25, 0.3) is 10.9 Å². The first-order valence-corrected chi connectivity index (χ1v) is 7.76. The van der Waals surface area contributed by atoms with Gasteiger partial charge in [-0.1, -0.05) is 17.7 Å². The van der Waals surface area contributed by atoms with Crippen molar-refractivity contribution in [3.63, 3.8) is 0 Å². The lowest BCUT2D eigenvalue weighted by molar-refractivity contribution is 0.0947. The topological polar surface area (TPSA) is 76.1 Å². The number of nitrogens with one attached hydrogen (secondary N) is 2. The first-order valence-electron chi connectivity index (χ1n) is 7.38. The van der Waals surface area contributed by atoms with Gasteiger partial charge in [0.15, 0.2) is 5.75 Å². The largest absolute Gasteiger partial charge is 0.491 e. The summed E-state index contributed by atoms with van der Waals surface area (Å²) in [5.74, 6) is -0.175. The van der Waals surface area contributed by atoms with Crippen molar-refractivity contribution in [3.8, 4) is 5.75 Å². The molecule has 3 rings (SSSR count). The number of carbonyl (C=O) groups excluding carboxylic acids is 1. The molecule has 0 aliphatic heterocycles. The first kappa shape index (κ1) is 16.1. The number of methoxy groups -OCH3 is 1. The van der Waals surface area contributed by atoms with Gasteiger partial charge in [-0.3, -0.25) is 9.59 Å². The van der Waals surface area contributed by atoms with Gasteiger partial charge in [-0.15, -0.1) is 0 Å². The summed E-state index contributed by atoms with van der Waals surface area (Å²) in [6.07, 6.45) is 3.30. The molecule has 0 spiro atoms. The van der Waals surface area contributed by atoms with Gasteiger partial charge in [0.25, 0.3) is 5.91 Å². The van der Waals surface area contributed by atoms with E-state index < -0.39 is 0 Å². The predicted molar refractivity (Wildman–Crippen MR) is 92.9 cm³/mol. The number of carbonyl (C=O) groups is 1. The Morgan fingerprint density at radius 1 is 1.38 bits per heavy atom. The molecule has 0 saturated carbocycles. The van der Waals surface area contributed by atoms with Crippen LogP contribution < -0.4 is 15.5 Å². The highest BCUT2D eigenvalue weighted by Gasteiger charge is 2.09. The van der Waals surface area contributed by atoms with Gasteiger partial charge in [0, 0.05) is 47.5 Å². The number of fused-ring (bicyclic) bond motifs is 1. The summed E-state index contributed by atoms with van der Waals surface area (Å²) < 4.78 is 6.88. The molecule has 0 bridgehead atoms. The number of hydrogen-bond donors (Lipinski definition) is 2. The molecular weight excluding hydrogens is 330 g/mol. The Morgan fingerprint density at radius 2 is 2.21 bits per heavy atom. The molecule has 6 nitrogen and oxygen atoms in total. The predicted octanol–water partition coefficient (Wildman–Crippen LogP) is 2.42. The standard InChI is InChI=1S/C17H16ClN3O3/c1-24-16-10-20-13(9-15(16)22)17(23)19-6-8-21-7-5-11-12(18)3-2-4-14(11)21/h2-5,7,9-10H,6,8H2,1H3,(H,19,23)(H,20,22). The van der Waals surface area contributed by atoms with Crippen molar-refractivity contribution in [2.24, 2.45) is 0 Å². The Kier molecular flexibility index (Phi) is 4.57. The normalized spacial score (nSPS) is 10.8. The van der Waals surface area contributed by atoms with Crippen LogP contribution in [0.3, 0.4) is 0 Å². The van der Waals surface area contributed by atoms with Crippen LogP contribution in [0, 0.1) is 0 Å². The second kappa shape index (κ2) is 6.80. The molecular formula is C17H16ClN3O3. The van der Waals surface area contributed by atoms with Gasteiger partial charge in [0.05, 0.1) is 7.11 Å². The van der Waals surface area contributed by atoms with Crippen molar-refractivity contribution in [2.45, 2.75) is 6.54 Å². The van der Waals surface area contributed by atoms with Crippen LogP contribution in [0.15, 0.2) is 47.5 Å². The van der Waals surface area contributed by atoms with Crippen LogP contribution in [-0.4, -0.2) is 29.1 Å².